The molecule has 1 aliphatic rings. The van der Waals surface area contributed by atoms with Gasteiger partial charge in [-0.1, -0.05) is 43.6 Å². The second-order valence-electron chi connectivity index (χ2n) is 8.24. The van der Waals surface area contributed by atoms with Crippen LogP contribution in [0, 0.1) is 5.92 Å². The number of anilines is 1. The number of carbonyl (C=O) groups is 3. The van der Waals surface area contributed by atoms with E-state index in [0.717, 1.165) is 0 Å². The number of ether oxygens (including phenoxy) is 2. The Bertz CT molecular complexity index is 1150. The summed E-state index contributed by atoms with van der Waals surface area (Å²) in [6.45, 7) is 6.09. The zero-order valence-corrected chi connectivity index (χ0v) is 20.3. The van der Waals surface area contributed by atoms with Crippen molar-refractivity contribution in [2.45, 2.75) is 20.8 Å². The lowest BCUT2D eigenvalue weighted by atomic mass is 10.0. The van der Waals surface area contributed by atoms with Crippen molar-refractivity contribution >= 4 is 41.1 Å². The lowest BCUT2D eigenvalue weighted by Gasteiger charge is -2.19. The molecule has 178 valence electrons. The van der Waals surface area contributed by atoms with E-state index < -0.39 is 5.97 Å². The van der Waals surface area contributed by atoms with Crippen molar-refractivity contribution in [2.24, 2.45) is 5.92 Å². The van der Waals surface area contributed by atoms with Gasteiger partial charge in [0.15, 0.2) is 6.61 Å². The molecular weight excluding hydrogens is 456 g/mol. The first-order valence-electron chi connectivity index (χ1n) is 10.8. The van der Waals surface area contributed by atoms with Crippen LogP contribution in [-0.4, -0.2) is 42.9 Å². The molecule has 3 rings (SSSR count). The van der Waals surface area contributed by atoms with E-state index in [0.29, 0.717) is 39.8 Å². The molecule has 0 spiro atoms. The summed E-state index contributed by atoms with van der Waals surface area (Å²) >= 11 is 5.92. The molecule has 0 radical (unpaired) electrons. The second kappa shape index (κ2) is 11.0. The maximum absolute atomic E-state index is 13.0. The number of allylic oxidation sites excluding steroid dienone is 1. The van der Waals surface area contributed by atoms with Gasteiger partial charge in [-0.05, 0) is 54.8 Å². The van der Waals surface area contributed by atoms with Crippen molar-refractivity contribution in [1.29, 1.82) is 0 Å². The molecule has 0 fully saturated rings. The SMILES string of the molecule is COC(=O)C1=C(C)N(CC(C)C)C(=O)/C1=C\c1ccc(OCC(=O)Nc2cccc(Cl)c2)cc1. The fraction of sp³-hybridized carbons (Fsp3) is 0.269. The minimum atomic E-state index is -0.547. The summed E-state index contributed by atoms with van der Waals surface area (Å²) in [5, 5.41) is 3.24. The molecule has 1 aliphatic heterocycles. The molecule has 2 aromatic rings. The minimum absolute atomic E-state index is 0.177. The third-order valence-electron chi connectivity index (χ3n) is 5.12. The highest BCUT2D eigenvalue weighted by Crippen LogP contribution is 2.32. The van der Waals surface area contributed by atoms with E-state index in [1.54, 1.807) is 66.4 Å². The van der Waals surface area contributed by atoms with Crippen molar-refractivity contribution in [2.75, 3.05) is 25.6 Å². The van der Waals surface area contributed by atoms with Gasteiger partial charge in [-0.3, -0.25) is 9.59 Å². The lowest BCUT2D eigenvalue weighted by Crippen LogP contribution is -2.28. The van der Waals surface area contributed by atoms with Crippen molar-refractivity contribution in [3.63, 3.8) is 0 Å². The van der Waals surface area contributed by atoms with E-state index in [-0.39, 0.29) is 29.9 Å². The minimum Gasteiger partial charge on any atom is -0.484 e. The Morgan fingerprint density at radius 2 is 1.85 bits per heavy atom. The van der Waals surface area contributed by atoms with E-state index >= 15 is 0 Å². The number of amides is 2. The van der Waals surface area contributed by atoms with Crippen molar-refractivity contribution in [3.05, 3.63) is 76.0 Å². The maximum atomic E-state index is 13.0. The molecule has 0 bridgehead atoms. The zero-order valence-electron chi connectivity index (χ0n) is 19.6. The summed E-state index contributed by atoms with van der Waals surface area (Å²) in [7, 11) is 1.30. The van der Waals surface area contributed by atoms with Gasteiger partial charge >= 0.3 is 5.97 Å². The van der Waals surface area contributed by atoms with E-state index in [1.807, 2.05) is 13.8 Å². The maximum Gasteiger partial charge on any atom is 0.340 e. The topological polar surface area (TPSA) is 84.9 Å². The Morgan fingerprint density at radius 3 is 2.47 bits per heavy atom. The number of carbonyl (C=O) groups excluding carboxylic acids is 3. The molecule has 1 N–H and O–H groups in total. The smallest absolute Gasteiger partial charge is 0.340 e. The third kappa shape index (κ3) is 6.05. The molecule has 0 saturated carbocycles. The molecule has 0 saturated heterocycles. The van der Waals surface area contributed by atoms with Crippen molar-refractivity contribution in [1.82, 2.24) is 4.90 Å². The molecule has 34 heavy (non-hydrogen) atoms. The molecule has 1 heterocycles. The first-order valence-corrected chi connectivity index (χ1v) is 11.2. The summed E-state index contributed by atoms with van der Waals surface area (Å²) < 4.78 is 10.5. The highest BCUT2D eigenvalue weighted by Gasteiger charge is 2.37. The van der Waals surface area contributed by atoms with Crippen LogP contribution in [0.15, 0.2) is 65.4 Å². The molecular formula is C26H27ClN2O5. The van der Waals surface area contributed by atoms with Crippen LogP contribution in [0.2, 0.25) is 5.02 Å². The highest BCUT2D eigenvalue weighted by atomic mass is 35.5. The molecule has 0 aromatic heterocycles. The average Bonchev–Trinajstić information content (AvgIpc) is 3.02. The molecule has 8 heteroatoms. The summed E-state index contributed by atoms with van der Waals surface area (Å²) in [6, 6.07) is 13.7. The number of nitrogens with one attached hydrogen (secondary N) is 1. The van der Waals surface area contributed by atoms with Gasteiger partial charge in [-0.15, -0.1) is 0 Å². The first kappa shape index (κ1) is 25.1. The zero-order chi connectivity index (χ0) is 24.8. The Hall–Kier alpha value is -3.58. The van der Waals surface area contributed by atoms with Crippen LogP contribution >= 0.6 is 11.6 Å². The first-order chi connectivity index (χ1) is 16.2. The molecule has 2 amide bonds. The number of esters is 1. The van der Waals surface area contributed by atoms with E-state index in [4.69, 9.17) is 21.1 Å². The summed E-state index contributed by atoms with van der Waals surface area (Å²) in [6.07, 6.45) is 1.66. The summed E-state index contributed by atoms with van der Waals surface area (Å²) in [4.78, 5) is 39.1. The van der Waals surface area contributed by atoms with Gasteiger partial charge in [-0.25, -0.2) is 4.79 Å². The number of hydrogen-bond donors (Lipinski definition) is 1. The quantitative estimate of drug-likeness (QED) is 0.436. The van der Waals surface area contributed by atoms with Gasteiger partial charge < -0.3 is 19.7 Å². The van der Waals surface area contributed by atoms with Crippen LogP contribution in [0.3, 0.4) is 0 Å². The molecule has 0 atom stereocenters. The predicted molar refractivity (Wildman–Crippen MR) is 131 cm³/mol. The van der Waals surface area contributed by atoms with E-state index in [9.17, 15) is 14.4 Å². The summed E-state index contributed by atoms with van der Waals surface area (Å²) in [5.41, 5.74) is 2.44. The van der Waals surface area contributed by atoms with Crippen LogP contribution in [0.4, 0.5) is 5.69 Å². The Morgan fingerprint density at radius 1 is 1.15 bits per heavy atom. The fourth-order valence-corrected chi connectivity index (χ4v) is 3.74. The number of benzene rings is 2. The average molecular weight is 483 g/mol. The van der Waals surface area contributed by atoms with Crippen molar-refractivity contribution in [3.8, 4) is 5.75 Å². The van der Waals surface area contributed by atoms with Crippen LogP contribution in [0.1, 0.15) is 26.3 Å². The number of halogens is 1. The largest absolute Gasteiger partial charge is 0.484 e. The molecule has 0 aliphatic carbocycles. The van der Waals surface area contributed by atoms with Crippen LogP contribution in [0.5, 0.6) is 5.75 Å². The Labute approximate surface area is 204 Å². The van der Waals surface area contributed by atoms with Gasteiger partial charge in [0.05, 0.1) is 18.3 Å². The van der Waals surface area contributed by atoms with Crippen LogP contribution in [-0.2, 0) is 19.1 Å². The molecule has 7 nitrogen and oxygen atoms in total. The summed E-state index contributed by atoms with van der Waals surface area (Å²) in [5.74, 6) is -0.371. The van der Waals surface area contributed by atoms with Crippen molar-refractivity contribution < 1.29 is 23.9 Å². The molecule has 2 aromatic carbocycles. The third-order valence-corrected chi connectivity index (χ3v) is 5.35. The van der Waals surface area contributed by atoms with Gasteiger partial charge in [0.25, 0.3) is 11.8 Å². The van der Waals surface area contributed by atoms with Crippen LogP contribution in [0.25, 0.3) is 6.08 Å². The molecule has 0 unspecified atom stereocenters. The Kier molecular flexibility index (Phi) is 8.12. The number of methoxy groups -OCH3 is 1. The monoisotopic (exact) mass is 482 g/mol. The van der Waals surface area contributed by atoms with Gasteiger partial charge in [-0.2, -0.15) is 0 Å². The number of hydrogen-bond acceptors (Lipinski definition) is 5. The van der Waals surface area contributed by atoms with Gasteiger partial charge in [0, 0.05) is 23.0 Å². The standard InChI is InChI=1S/C26H27ClN2O5/c1-16(2)14-29-17(3)24(26(32)33-4)22(25(29)31)12-18-8-10-21(11-9-18)34-15-23(30)28-20-7-5-6-19(27)13-20/h5-13,16H,14-15H2,1-4H3,(H,28,30)/b22-12-. The van der Waals surface area contributed by atoms with Crippen LogP contribution < -0.4 is 10.1 Å². The second-order valence-corrected chi connectivity index (χ2v) is 8.67. The normalized spacial score (nSPS) is 14.7. The number of nitrogens with zero attached hydrogens (tertiary/aromatic N) is 1. The van der Waals surface area contributed by atoms with Gasteiger partial charge in [0.2, 0.25) is 0 Å². The number of rotatable bonds is 8. The fourth-order valence-electron chi connectivity index (χ4n) is 3.55. The lowest BCUT2D eigenvalue weighted by molar-refractivity contribution is -0.136. The Balaban J connectivity index is 1.70. The van der Waals surface area contributed by atoms with E-state index in [1.165, 1.54) is 7.11 Å². The predicted octanol–water partition coefficient (Wildman–Crippen LogP) is 4.69. The van der Waals surface area contributed by atoms with Gasteiger partial charge in [0.1, 0.15) is 5.75 Å². The van der Waals surface area contributed by atoms with E-state index in [2.05, 4.69) is 5.32 Å². The highest BCUT2D eigenvalue weighted by molar-refractivity contribution is 6.30.